The molecule has 1 amide bonds. The minimum atomic E-state index is -0.312. The van der Waals surface area contributed by atoms with Gasteiger partial charge in [0, 0.05) is 30.0 Å². The summed E-state index contributed by atoms with van der Waals surface area (Å²) in [5.41, 5.74) is 5.47. The van der Waals surface area contributed by atoms with E-state index in [1.807, 2.05) is 85.8 Å². The molecule has 2 heterocycles. The molecule has 1 unspecified atom stereocenters. The highest BCUT2D eigenvalue weighted by atomic mass is 16.5. The van der Waals surface area contributed by atoms with E-state index in [0.29, 0.717) is 17.7 Å². The number of carbonyl (C=O) groups is 1. The molecule has 170 valence electrons. The van der Waals surface area contributed by atoms with Crippen LogP contribution in [0.25, 0.3) is 22.0 Å². The molecule has 0 saturated heterocycles. The lowest BCUT2D eigenvalue weighted by molar-refractivity contribution is -0.137. The zero-order chi connectivity index (χ0) is 23.7. The van der Waals surface area contributed by atoms with Gasteiger partial charge in [-0.3, -0.25) is 9.59 Å². The van der Waals surface area contributed by atoms with E-state index in [1.54, 1.807) is 0 Å². The Morgan fingerprint density at radius 2 is 1.71 bits per heavy atom. The molecular formula is C28H25N3O3. The van der Waals surface area contributed by atoms with Gasteiger partial charge in [0.05, 0.1) is 17.3 Å². The van der Waals surface area contributed by atoms with Gasteiger partial charge in [0.1, 0.15) is 6.61 Å². The molecule has 1 N–H and O–H groups in total. The Bertz CT molecular complexity index is 1440. The Labute approximate surface area is 197 Å². The summed E-state index contributed by atoms with van der Waals surface area (Å²) in [5.74, 6) is -0.249. The first-order chi connectivity index (χ1) is 16.6. The number of aromatic nitrogens is 1. The van der Waals surface area contributed by atoms with E-state index in [4.69, 9.17) is 9.84 Å². The number of H-pyrrole nitrogens is 1. The monoisotopic (exact) mass is 451 g/mol. The standard InChI is InChI=1S/C28H25N3O3/c1-18-12-14-19(15-13-18)24-16-23(30-31(24)25(32)17-34-2)27-26(20-8-4-3-5-9-20)21-10-6-7-11-22(21)29-28(27)33/h3-15,24H,16-17H2,1-2H3,(H,29,33). The van der Waals surface area contributed by atoms with Crippen molar-refractivity contribution in [3.63, 3.8) is 0 Å². The molecule has 0 aliphatic carbocycles. The van der Waals surface area contributed by atoms with Gasteiger partial charge in [-0.15, -0.1) is 0 Å². The molecular weight excluding hydrogens is 426 g/mol. The lowest BCUT2D eigenvalue weighted by atomic mass is 9.91. The molecule has 6 heteroatoms. The third-order valence-corrected chi connectivity index (χ3v) is 6.17. The highest BCUT2D eigenvalue weighted by molar-refractivity contribution is 6.12. The molecule has 1 atom stereocenters. The molecule has 0 spiro atoms. The molecule has 4 aromatic rings. The van der Waals surface area contributed by atoms with E-state index in [9.17, 15) is 9.59 Å². The predicted octanol–water partition coefficient (Wildman–Crippen LogP) is 4.83. The van der Waals surface area contributed by atoms with Gasteiger partial charge in [0.25, 0.3) is 11.5 Å². The molecule has 0 bridgehead atoms. The van der Waals surface area contributed by atoms with E-state index in [-0.39, 0.29) is 24.1 Å². The molecule has 0 radical (unpaired) electrons. The molecule has 1 aliphatic heterocycles. The van der Waals surface area contributed by atoms with Crippen LogP contribution < -0.4 is 5.56 Å². The van der Waals surface area contributed by atoms with Crippen molar-refractivity contribution in [2.45, 2.75) is 19.4 Å². The Hall–Kier alpha value is -4.03. The van der Waals surface area contributed by atoms with E-state index in [0.717, 1.165) is 33.2 Å². The minimum Gasteiger partial charge on any atom is -0.375 e. The molecule has 1 aliphatic rings. The number of aromatic amines is 1. The van der Waals surface area contributed by atoms with Crippen LogP contribution in [0.4, 0.5) is 0 Å². The van der Waals surface area contributed by atoms with Crippen molar-refractivity contribution >= 4 is 22.5 Å². The van der Waals surface area contributed by atoms with Crippen molar-refractivity contribution in [2.75, 3.05) is 13.7 Å². The van der Waals surface area contributed by atoms with Gasteiger partial charge in [-0.1, -0.05) is 78.4 Å². The number of benzene rings is 3. The second-order valence-electron chi connectivity index (χ2n) is 8.46. The zero-order valence-electron chi connectivity index (χ0n) is 19.1. The van der Waals surface area contributed by atoms with Crippen LogP contribution in [0.3, 0.4) is 0 Å². The van der Waals surface area contributed by atoms with Gasteiger partial charge in [-0.2, -0.15) is 5.10 Å². The third-order valence-electron chi connectivity index (χ3n) is 6.17. The normalized spacial score (nSPS) is 15.5. The minimum absolute atomic E-state index is 0.0846. The maximum atomic E-state index is 13.4. The fourth-order valence-electron chi connectivity index (χ4n) is 4.55. The van der Waals surface area contributed by atoms with Gasteiger partial charge in [-0.05, 0) is 24.1 Å². The molecule has 0 fully saturated rings. The fraction of sp³-hybridized carbons (Fsp3) is 0.179. The van der Waals surface area contributed by atoms with Crippen LogP contribution in [-0.4, -0.2) is 35.3 Å². The van der Waals surface area contributed by atoms with E-state index in [2.05, 4.69) is 4.98 Å². The average Bonchev–Trinajstić information content (AvgIpc) is 3.29. The number of amides is 1. The topological polar surface area (TPSA) is 74.8 Å². The zero-order valence-corrected chi connectivity index (χ0v) is 19.1. The summed E-state index contributed by atoms with van der Waals surface area (Å²) in [5, 5.41) is 7.11. The van der Waals surface area contributed by atoms with Crippen LogP contribution in [-0.2, 0) is 9.53 Å². The second-order valence-corrected chi connectivity index (χ2v) is 8.46. The number of hydrazone groups is 1. The lowest BCUT2D eigenvalue weighted by Gasteiger charge is -2.21. The van der Waals surface area contributed by atoms with Crippen LogP contribution in [0.5, 0.6) is 0 Å². The van der Waals surface area contributed by atoms with Crippen molar-refractivity contribution in [3.05, 3.63) is 106 Å². The first-order valence-corrected chi connectivity index (χ1v) is 11.2. The maximum absolute atomic E-state index is 13.4. The van der Waals surface area contributed by atoms with Crippen LogP contribution in [0.15, 0.2) is 88.8 Å². The molecule has 1 aromatic heterocycles. The van der Waals surface area contributed by atoms with Crippen molar-refractivity contribution in [1.82, 2.24) is 9.99 Å². The van der Waals surface area contributed by atoms with Crippen LogP contribution in [0.1, 0.15) is 29.2 Å². The van der Waals surface area contributed by atoms with Crippen LogP contribution in [0, 0.1) is 6.92 Å². The summed E-state index contributed by atoms with van der Waals surface area (Å²) in [6.45, 7) is 1.94. The van der Waals surface area contributed by atoms with Gasteiger partial charge >= 0.3 is 0 Å². The van der Waals surface area contributed by atoms with Crippen molar-refractivity contribution < 1.29 is 9.53 Å². The van der Waals surface area contributed by atoms with Crippen LogP contribution in [0.2, 0.25) is 0 Å². The van der Waals surface area contributed by atoms with Crippen molar-refractivity contribution in [1.29, 1.82) is 0 Å². The van der Waals surface area contributed by atoms with Gasteiger partial charge in [-0.25, -0.2) is 5.01 Å². The number of nitrogens with one attached hydrogen (secondary N) is 1. The first kappa shape index (κ1) is 21.8. The number of methoxy groups -OCH3 is 1. The van der Waals surface area contributed by atoms with Crippen molar-refractivity contribution in [2.24, 2.45) is 5.10 Å². The number of fused-ring (bicyclic) bond motifs is 1. The molecule has 5 rings (SSSR count). The summed E-state index contributed by atoms with van der Waals surface area (Å²) in [4.78, 5) is 29.4. The molecule has 0 saturated carbocycles. The second kappa shape index (κ2) is 9.08. The Morgan fingerprint density at radius 3 is 2.44 bits per heavy atom. The van der Waals surface area contributed by atoms with Gasteiger partial charge < -0.3 is 9.72 Å². The first-order valence-electron chi connectivity index (χ1n) is 11.2. The van der Waals surface area contributed by atoms with E-state index in [1.165, 1.54) is 12.1 Å². The summed E-state index contributed by atoms with van der Waals surface area (Å²) in [6.07, 6.45) is 0.430. The van der Waals surface area contributed by atoms with Gasteiger partial charge in [0.2, 0.25) is 0 Å². The molecule has 34 heavy (non-hydrogen) atoms. The molecule has 6 nitrogen and oxygen atoms in total. The Morgan fingerprint density at radius 1 is 1.00 bits per heavy atom. The number of para-hydroxylation sites is 1. The lowest BCUT2D eigenvalue weighted by Crippen LogP contribution is -2.30. The number of rotatable bonds is 5. The number of nitrogens with zero attached hydrogens (tertiary/aromatic N) is 2. The Kier molecular flexibility index (Phi) is 5.82. The average molecular weight is 452 g/mol. The number of hydrogen-bond donors (Lipinski definition) is 1. The quantitative estimate of drug-likeness (QED) is 0.472. The summed E-state index contributed by atoms with van der Waals surface area (Å²) < 4.78 is 5.11. The van der Waals surface area contributed by atoms with E-state index >= 15 is 0 Å². The number of ether oxygens (including phenoxy) is 1. The molecule has 3 aromatic carbocycles. The predicted molar refractivity (Wildman–Crippen MR) is 134 cm³/mol. The van der Waals surface area contributed by atoms with Gasteiger partial charge in [0.15, 0.2) is 0 Å². The summed E-state index contributed by atoms with van der Waals surface area (Å²) in [6, 6.07) is 25.3. The number of hydrogen-bond acceptors (Lipinski definition) is 4. The van der Waals surface area contributed by atoms with E-state index < -0.39 is 0 Å². The number of pyridine rings is 1. The SMILES string of the molecule is COCC(=O)N1N=C(c2c(-c3ccccc3)c3ccccc3[nH]c2=O)CC1c1ccc(C)cc1. The fourth-order valence-corrected chi connectivity index (χ4v) is 4.55. The Balaban J connectivity index is 1.71. The largest absolute Gasteiger partial charge is 0.375 e. The highest BCUT2D eigenvalue weighted by Crippen LogP contribution is 2.36. The smallest absolute Gasteiger partial charge is 0.269 e. The maximum Gasteiger partial charge on any atom is 0.269 e. The summed E-state index contributed by atoms with van der Waals surface area (Å²) in [7, 11) is 1.49. The number of aryl methyl sites for hydroxylation is 1. The number of carbonyl (C=O) groups excluding carboxylic acids is 1. The van der Waals surface area contributed by atoms with Crippen molar-refractivity contribution in [3.8, 4) is 11.1 Å². The third kappa shape index (κ3) is 3.93. The highest BCUT2D eigenvalue weighted by Gasteiger charge is 2.35. The van der Waals surface area contributed by atoms with Crippen LogP contribution >= 0.6 is 0 Å². The summed E-state index contributed by atoms with van der Waals surface area (Å²) >= 11 is 0.